The molecule has 0 radical (unpaired) electrons. The fourth-order valence-electron chi connectivity index (χ4n) is 4.25. The van der Waals surface area contributed by atoms with E-state index < -0.39 is 0 Å². The van der Waals surface area contributed by atoms with E-state index >= 15 is 0 Å². The molecule has 0 bridgehead atoms. The van der Waals surface area contributed by atoms with E-state index in [-0.39, 0.29) is 6.03 Å². The molecule has 1 heterocycles. The fourth-order valence-corrected chi connectivity index (χ4v) is 4.25. The number of hydrogen-bond donors (Lipinski definition) is 1. The van der Waals surface area contributed by atoms with Crippen LogP contribution in [0.15, 0.2) is 0 Å². The third-order valence-corrected chi connectivity index (χ3v) is 5.63. The molecule has 1 aliphatic heterocycles. The summed E-state index contributed by atoms with van der Waals surface area (Å²) in [4.78, 5) is 17.0. The van der Waals surface area contributed by atoms with Crippen LogP contribution in [0, 0.1) is 0 Å². The van der Waals surface area contributed by atoms with E-state index in [9.17, 15) is 4.79 Å². The molecule has 4 heteroatoms. The second kappa shape index (κ2) is 7.48. The molecule has 0 aromatic carbocycles. The summed E-state index contributed by atoms with van der Waals surface area (Å²) in [7, 11) is 0. The van der Waals surface area contributed by atoms with Crippen LogP contribution in [0.2, 0.25) is 0 Å². The Bertz CT molecular complexity index is 325. The number of urea groups is 1. The van der Waals surface area contributed by atoms with Crippen LogP contribution in [0.3, 0.4) is 0 Å². The van der Waals surface area contributed by atoms with Crippen molar-refractivity contribution in [3.63, 3.8) is 0 Å². The van der Waals surface area contributed by atoms with Crippen LogP contribution in [-0.2, 0) is 0 Å². The van der Waals surface area contributed by atoms with Gasteiger partial charge in [0.25, 0.3) is 0 Å². The summed E-state index contributed by atoms with van der Waals surface area (Å²) in [6.07, 6.45) is 13.3. The highest BCUT2D eigenvalue weighted by Crippen LogP contribution is 2.23. The van der Waals surface area contributed by atoms with Gasteiger partial charge in [-0.25, -0.2) is 4.79 Å². The lowest BCUT2D eigenvalue weighted by molar-refractivity contribution is 0.0998. The van der Waals surface area contributed by atoms with Gasteiger partial charge in [-0.15, -0.1) is 0 Å². The van der Waals surface area contributed by atoms with Crippen LogP contribution in [0.5, 0.6) is 0 Å². The molecule has 3 fully saturated rings. The maximum atomic E-state index is 12.3. The van der Waals surface area contributed by atoms with E-state index in [2.05, 4.69) is 10.2 Å². The lowest BCUT2D eigenvalue weighted by atomic mass is 10.1. The number of nitrogens with zero attached hydrogens (tertiary/aromatic N) is 2. The number of amides is 2. The van der Waals surface area contributed by atoms with Crippen molar-refractivity contribution in [3.05, 3.63) is 0 Å². The Labute approximate surface area is 129 Å². The number of nitrogens with one attached hydrogen (secondary N) is 1. The molecule has 0 spiro atoms. The average molecular weight is 293 g/mol. The van der Waals surface area contributed by atoms with Gasteiger partial charge in [0, 0.05) is 38.3 Å². The van der Waals surface area contributed by atoms with Crippen LogP contribution in [0.1, 0.15) is 64.2 Å². The minimum absolute atomic E-state index is 0.183. The van der Waals surface area contributed by atoms with Gasteiger partial charge in [-0.1, -0.05) is 38.5 Å². The lowest BCUT2D eigenvalue weighted by Crippen LogP contribution is -2.55. The molecule has 2 amide bonds. The van der Waals surface area contributed by atoms with E-state index in [1.54, 1.807) is 0 Å². The molecule has 0 atom stereocenters. The van der Waals surface area contributed by atoms with Crippen molar-refractivity contribution >= 4 is 6.03 Å². The van der Waals surface area contributed by atoms with Gasteiger partial charge in [0.05, 0.1) is 0 Å². The molecule has 2 saturated carbocycles. The van der Waals surface area contributed by atoms with Crippen LogP contribution < -0.4 is 5.32 Å². The summed E-state index contributed by atoms with van der Waals surface area (Å²) in [6.45, 7) is 3.97. The van der Waals surface area contributed by atoms with Crippen molar-refractivity contribution in [1.82, 2.24) is 15.1 Å². The van der Waals surface area contributed by atoms with Gasteiger partial charge in [-0.2, -0.15) is 0 Å². The molecule has 1 saturated heterocycles. The zero-order valence-electron chi connectivity index (χ0n) is 13.4. The molecule has 2 aliphatic carbocycles. The van der Waals surface area contributed by atoms with Gasteiger partial charge in [-0.3, -0.25) is 4.90 Å². The smallest absolute Gasteiger partial charge is 0.317 e. The standard InChI is InChI=1S/C17H31N3O/c21-17(18-15-7-5-6-8-15)20-13-11-19(12-14-20)16-9-3-1-2-4-10-16/h15-16H,1-14H2,(H,18,21). The molecule has 21 heavy (non-hydrogen) atoms. The van der Waals surface area contributed by atoms with Crippen molar-refractivity contribution in [1.29, 1.82) is 0 Å². The average Bonchev–Trinajstić information content (AvgIpc) is 2.87. The van der Waals surface area contributed by atoms with E-state index in [1.165, 1.54) is 64.2 Å². The van der Waals surface area contributed by atoms with Crippen molar-refractivity contribution < 1.29 is 4.79 Å². The Morgan fingerprint density at radius 2 is 1.33 bits per heavy atom. The summed E-state index contributed by atoms with van der Waals surface area (Å²) in [5.41, 5.74) is 0. The minimum atomic E-state index is 0.183. The first-order valence-corrected chi connectivity index (χ1v) is 9.12. The highest BCUT2D eigenvalue weighted by Gasteiger charge is 2.27. The lowest BCUT2D eigenvalue weighted by Gasteiger charge is -2.39. The number of carbonyl (C=O) groups is 1. The monoisotopic (exact) mass is 293 g/mol. The van der Waals surface area contributed by atoms with Crippen molar-refractivity contribution in [3.8, 4) is 0 Å². The zero-order chi connectivity index (χ0) is 14.5. The zero-order valence-corrected chi connectivity index (χ0v) is 13.4. The van der Waals surface area contributed by atoms with Crippen molar-refractivity contribution in [2.45, 2.75) is 76.3 Å². The molecule has 0 unspecified atom stereocenters. The summed E-state index contributed by atoms with van der Waals surface area (Å²) in [6, 6.07) is 1.41. The molecule has 0 aromatic heterocycles. The Morgan fingerprint density at radius 3 is 1.95 bits per heavy atom. The number of piperazine rings is 1. The van der Waals surface area contributed by atoms with Gasteiger partial charge >= 0.3 is 6.03 Å². The minimum Gasteiger partial charge on any atom is -0.335 e. The quantitative estimate of drug-likeness (QED) is 0.795. The first kappa shape index (κ1) is 15.1. The molecular weight excluding hydrogens is 262 g/mol. The van der Waals surface area contributed by atoms with Gasteiger partial charge in [0.1, 0.15) is 0 Å². The van der Waals surface area contributed by atoms with Crippen molar-refractivity contribution in [2.75, 3.05) is 26.2 Å². The third kappa shape index (κ3) is 4.12. The summed E-state index contributed by atoms with van der Waals surface area (Å²) in [5, 5.41) is 3.22. The van der Waals surface area contributed by atoms with Gasteiger partial charge in [0.15, 0.2) is 0 Å². The van der Waals surface area contributed by atoms with Crippen LogP contribution in [0.4, 0.5) is 4.79 Å². The Kier molecular flexibility index (Phi) is 5.39. The van der Waals surface area contributed by atoms with Crippen LogP contribution >= 0.6 is 0 Å². The molecule has 1 N–H and O–H groups in total. The molecule has 3 aliphatic rings. The van der Waals surface area contributed by atoms with Gasteiger partial charge in [-0.05, 0) is 25.7 Å². The maximum absolute atomic E-state index is 12.3. The highest BCUT2D eigenvalue weighted by molar-refractivity contribution is 5.74. The molecule has 120 valence electrons. The van der Waals surface area contributed by atoms with E-state index in [0.29, 0.717) is 6.04 Å². The van der Waals surface area contributed by atoms with E-state index in [0.717, 1.165) is 32.2 Å². The summed E-state index contributed by atoms with van der Waals surface area (Å²) < 4.78 is 0. The van der Waals surface area contributed by atoms with E-state index in [4.69, 9.17) is 0 Å². The Balaban J connectivity index is 1.42. The largest absolute Gasteiger partial charge is 0.335 e. The summed E-state index contributed by atoms with van der Waals surface area (Å²) >= 11 is 0. The van der Waals surface area contributed by atoms with Crippen molar-refractivity contribution in [2.24, 2.45) is 0 Å². The predicted molar refractivity (Wildman–Crippen MR) is 85.4 cm³/mol. The summed E-state index contributed by atoms with van der Waals surface area (Å²) in [5.74, 6) is 0. The maximum Gasteiger partial charge on any atom is 0.317 e. The van der Waals surface area contributed by atoms with Gasteiger partial charge < -0.3 is 10.2 Å². The van der Waals surface area contributed by atoms with Crippen LogP contribution in [-0.4, -0.2) is 54.1 Å². The molecular formula is C17H31N3O. The van der Waals surface area contributed by atoms with Gasteiger partial charge in [0.2, 0.25) is 0 Å². The third-order valence-electron chi connectivity index (χ3n) is 5.63. The fraction of sp³-hybridized carbons (Fsp3) is 0.941. The second-order valence-electron chi connectivity index (χ2n) is 7.10. The number of rotatable bonds is 2. The molecule has 3 rings (SSSR count). The Morgan fingerprint density at radius 1 is 0.762 bits per heavy atom. The number of hydrogen-bond acceptors (Lipinski definition) is 2. The molecule has 0 aromatic rings. The SMILES string of the molecule is O=C(NC1CCCC1)N1CCN(C2CCCCCC2)CC1. The van der Waals surface area contributed by atoms with E-state index in [1.807, 2.05) is 4.90 Å². The second-order valence-corrected chi connectivity index (χ2v) is 7.10. The normalized spacial score (nSPS) is 26.8. The molecule has 4 nitrogen and oxygen atoms in total. The topological polar surface area (TPSA) is 35.6 Å². The van der Waals surface area contributed by atoms with Crippen LogP contribution in [0.25, 0.3) is 0 Å². The first-order chi connectivity index (χ1) is 10.3. The Hall–Kier alpha value is -0.770. The number of carbonyl (C=O) groups excluding carboxylic acids is 1. The first-order valence-electron chi connectivity index (χ1n) is 9.12. The highest BCUT2D eigenvalue weighted by atomic mass is 16.2. The predicted octanol–water partition coefficient (Wildman–Crippen LogP) is 2.98.